The lowest BCUT2D eigenvalue weighted by Gasteiger charge is -2.15. The van der Waals surface area contributed by atoms with Gasteiger partial charge in [0.1, 0.15) is 12.2 Å². The van der Waals surface area contributed by atoms with Crippen LogP contribution in [0.1, 0.15) is 20.3 Å². The van der Waals surface area contributed by atoms with Gasteiger partial charge in [-0.2, -0.15) is 13.2 Å². The van der Waals surface area contributed by atoms with Crippen molar-refractivity contribution in [3.05, 3.63) is 0 Å². The molecule has 0 spiro atoms. The van der Waals surface area contributed by atoms with Crippen LogP contribution >= 0.6 is 0 Å². The molecule has 1 atom stereocenters. The summed E-state index contributed by atoms with van der Waals surface area (Å²) in [7, 11) is 0. The third-order valence-corrected chi connectivity index (χ3v) is 1.31. The Hall–Kier alpha value is -0.540. The highest BCUT2D eigenvalue weighted by molar-refractivity contribution is 5.54. The Morgan fingerprint density at radius 3 is 1.91 bits per heavy atom. The molecule has 0 aliphatic rings. The van der Waals surface area contributed by atoms with E-state index in [9.17, 15) is 18.0 Å². The molecule has 0 saturated carbocycles. The minimum atomic E-state index is -4.37. The molecule has 4 heteroatoms. The topological polar surface area (TPSA) is 17.1 Å². The first-order valence-electron chi connectivity index (χ1n) is 3.40. The summed E-state index contributed by atoms with van der Waals surface area (Å²) >= 11 is 0. The average Bonchev–Trinajstić information content (AvgIpc) is 1.79. The van der Waals surface area contributed by atoms with E-state index in [1.54, 1.807) is 13.8 Å². The highest BCUT2D eigenvalue weighted by Gasteiger charge is 2.39. The van der Waals surface area contributed by atoms with E-state index in [1.807, 2.05) is 0 Å². The van der Waals surface area contributed by atoms with E-state index < -0.39 is 12.1 Å². The number of alkyl halides is 3. The molecule has 0 aromatic heterocycles. The first-order valence-corrected chi connectivity index (χ1v) is 3.40. The molecular formula is C7H11F3O. The van der Waals surface area contributed by atoms with Crippen molar-refractivity contribution < 1.29 is 18.0 Å². The summed E-state index contributed by atoms with van der Waals surface area (Å²) in [6, 6.07) is 0. The zero-order valence-corrected chi connectivity index (χ0v) is 6.48. The molecule has 0 radical (unpaired) electrons. The van der Waals surface area contributed by atoms with Crippen LogP contribution in [0.2, 0.25) is 0 Å². The fourth-order valence-corrected chi connectivity index (χ4v) is 0.774. The van der Waals surface area contributed by atoms with Crippen molar-refractivity contribution in [3.63, 3.8) is 0 Å². The van der Waals surface area contributed by atoms with Gasteiger partial charge in [-0.05, 0) is 12.3 Å². The van der Waals surface area contributed by atoms with Gasteiger partial charge in [0.15, 0.2) is 0 Å². The number of carbonyl (C=O) groups excluding carboxylic acids is 1. The molecule has 1 nitrogen and oxygen atoms in total. The van der Waals surface area contributed by atoms with Crippen LogP contribution in [-0.2, 0) is 4.79 Å². The zero-order chi connectivity index (χ0) is 9.07. The van der Waals surface area contributed by atoms with Crippen molar-refractivity contribution in [1.82, 2.24) is 0 Å². The van der Waals surface area contributed by atoms with Gasteiger partial charge in [0, 0.05) is 0 Å². The van der Waals surface area contributed by atoms with E-state index >= 15 is 0 Å². The fourth-order valence-electron chi connectivity index (χ4n) is 0.774. The summed E-state index contributed by atoms with van der Waals surface area (Å²) < 4.78 is 35.5. The lowest BCUT2D eigenvalue weighted by molar-refractivity contribution is -0.177. The Bertz CT molecular complexity index is 128. The molecule has 0 amide bonds. The Labute approximate surface area is 63.6 Å². The molecule has 0 aromatic rings. The molecule has 0 rings (SSSR count). The minimum absolute atomic E-state index is 0.0278. The second kappa shape index (κ2) is 3.74. The van der Waals surface area contributed by atoms with Gasteiger partial charge in [0.2, 0.25) is 0 Å². The predicted octanol–water partition coefficient (Wildman–Crippen LogP) is 2.41. The van der Waals surface area contributed by atoms with E-state index in [2.05, 4.69) is 0 Å². The second-order valence-electron chi connectivity index (χ2n) is 2.91. The van der Waals surface area contributed by atoms with E-state index in [-0.39, 0.29) is 18.6 Å². The van der Waals surface area contributed by atoms with Crippen LogP contribution in [-0.4, -0.2) is 12.5 Å². The first-order chi connectivity index (χ1) is 4.88. The quantitative estimate of drug-likeness (QED) is 0.591. The lowest BCUT2D eigenvalue weighted by Crippen LogP contribution is -2.25. The van der Waals surface area contributed by atoms with Gasteiger partial charge in [-0.3, -0.25) is 0 Å². The normalized spacial score (nSPS) is 15.1. The highest BCUT2D eigenvalue weighted by Crippen LogP contribution is 2.29. The molecule has 0 bridgehead atoms. The summed E-state index contributed by atoms with van der Waals surface area (Å²) in [6.45, 7) is 3.31. The molecule has 11 heavy (non-hydrogen) atoms. The third kappa shape index (κ3) is 4.01. The Kier molecular flexibility index (Phi) is 3.55. The van der Waals surface area contributed by atoms with Gasteiger partial charge in [-0.1, -0.05) is 13.8 Å². The van der Waals surface area contributed by atoms with Crippen LogP contribution in [0.15, 0.2) is 0 Å². The predicted molar refractivity (Wildman–Crippen MR) is 35.1 cm³/mol. The van der Waals surface area contributed by atoms with Crippen LogP contribution in [0.25, 0.3) is 0 Å². The monoisotopic (exact) mass is 168 g/mol. The summed E-state index contributed by atoms with van der Waals surface area (Å²) in [5, 5.41) is 0. The lowest BCUT2D eigenvalue weighted by atomic mass is 9.98. The fraction of sp³-hybridized carbons (Fsp3) is 0.857. The smallest absolute Gasteiger partial charge is 0.303 e. The number of hydrogen-bond donors (Lipinski definition) is 0. The highest BCUT2D eigenvalue weighted by atomic mass is 19.4. The Morgan fingerprint density at radius 2 is 1.82 bits per heavy atom. The molecule has 0 aliphatic carbocycles. The number of carbonyl (C=O) groups is 1. The summed E-state index contributed by atoms with van der Waals surface area (Å²) in [6.07, 6.45) is -4.51. The summed E-state index contributed by atoms with van der Waals surface area (Å²) in [5.41, 5.74) is 0. The molecule has 1 unspecified atom stereocenters. The van der Waals surface area contributed by atoms with Crippen molar-refractivity contribution in [1.29, 1.82) is 0 Å². The maximum absolute atomic E-state index is 11.8. The van der Waals surface area contributed by atoms with Gasteiger partial charge in [0.05, 0.1) is 0 Å². The van der Waals surface area contributed by atoms with Gasteiger partial charge in [-0.15, -0.1) is 0 Å². The van der Waals surface area contributed by atoms with E-state index in [0.29, 0.717) is 0 Å². The Morgan fingerprint density at radius 1 is 1.36 bits per heavy atom. The van der Waals surface area contributed by atoms with Gasteiger partial charge in [-0.25, -0.2) is 0 Å². The minimum Gasteiger partial charge on any atom is -0.303 e. The molecule has 0 fully saturated rings. The van der Waals surface area contributed by atoms with Crippen molar-refractivity contribution in [2.24, 2.45) is 11.8 Å². The van der Waals surface area contributed by atoms with Crippen LogP contribution in [0.3, 0.4) is 0 Å². The number of rotatable bonds is 3. The zero-order valence-electron chi connectivity index (χ0n) is 6.48. The second-order valence-corrected chi connectivity index (χ2v) is 2.91. The van der Waals surface area contributed by atoms with Gasteiger partial charge < -0.3 is 4.79 Å². The number of halogens is 3. The van der Waals surface area contributed by atoms with Crippen LogP contribution in [0.4, 0.5) is 13.2 Å². The van der Waals surface area contributed by atoms with Crippen molar-refractivity contribution in [3.8, 4) is 0 Å². The number of aldehydes is 1. The van der Waals surface area contributed by atoms with Gasteiger partial charge in [0.25, 0.3) is 0 Å². The van der Waals surface area contributed by atoms with Crippen molar-refractivity contribution in [2.45, 2.75) is 26.4 Å². The third-order valence-electron chi connectivity index (χ3n) is 1.31. The summed E-state index contributed by atoms with van der Waals surface area (Å²) in [4.78, 5) is 9.97. The van der Waals surface area contributed by atoms with Crippen LogP contribution < -0.4 is 0 Å². The van der Waals surface area contributed by atoms with E-state index in [1.165, 1.54) is 0 Å². The molecule has 0 aliphatic heterocycles. The number of hydrogen-bond acceptors (Lipinski definition) is 1. The molecule has 0 heterocycles. The molecule has 66 valence electrons. The molecule has 0 N–H and O–H groups in total. The first kappa shape index (κ1) is 10.5. The van der Waals surface area contributed by atoms with Crippen molar-refractivity contribution in [2.75, 3.05) is 0 Å². The van der Waals surface area contributed by atoms with E-state index in [4.69, 9.17) is 0 Å². The summed E-state index contributed by atoms with van der Waals surface area (Å²) in [5.74, 6) is -1.89. The maximum Gasteiger partial charge on any atom is 0.398 e. The standard InChI is InChI=1S/C7H11F3O/c1-5(2)3-6(4-11)7(8,9)10/h4-6H,3H2,1-2H3. The van der Waals surface area contributed by atoms with Gasteiger partial charge >= 0.3 is 6.18 Å². The van der Waals surface area contributed by atoms with Crippen molar-refractivity contribution >= 4 is 6.29 Å². The molecular weight excluding hydrogens is 157 g/mol. The maximum atomic E-state index is 11.8. The van der Waals surface area contributed by atoms with E-state index in [0.717, 1.165) is 0 Å². The molecule has 0 aromatic carbocycles. The largest absolute Gasteiger partial charge is 0.398 e. The molecule has 0 saturated heterocycles. The Balaban J connectivity index is 4.07. The van der Waals surface area contributed by atoms with Crippen LogP contribution in [0, 0.1) is 11.8 Å². The SMILES string of the molecule is CC(C)CC(C=O)C(F)(F)F. The van der Waals surface area contributed by atoms with Crippen LogP contribution in [0.5, 0.6) is 0 Å². The average molecular weight is 168 g/mol.